The maximum Gasteiger partial charge on any atom is 0.151 e. The van der Waals surface area contributed by atoms with E-state index in [0.717, 1.165) is 33.9 Å². The fraction of sp³-hybridized carbons (Fsp3) is 0.192. The molecule has 2 heterocycles. The smallest absolute Gasteiger partial charge is 0.151 e. The van der Waals surface area contributed by atoms with Crippen LogP contribution in [0.25, 0.3) is 22.0 Å². The van der Waals surface area contributed by atoms with Crippen LogP contribution in [-0.2, 0) is 0 Å². The first kappa shape index (κ1) is 21.2. The molecule has 0 spiro atoms. The Morgan fingerprint density at radius 2 is 1.73 bits per heavy atom. The Hall–Kier alpha value is -3.53. The monoisotopic (exact) mass is 397 g/mol. The van der Waals surface area contributed by atoms with Crippen LogP contribution in [0.2, 0.25) is 0 Å². The highest BCUT2D eigenvalue weighted by molar-refractivity contribution is 5.96. The van der Waals surface area contributed by atoms with Crippen molar-refractivity contribution in [1.29, 1.82) is 0 Å². The van der Waals surface area contributed by atoms with E-state index in [-0.39, 0.29) is 0 Å². The van der Waals surface area contributed by atoms with Crippen LogP contribution < -0.4 is 5.32 Å². The van der Waals surface area contributed by atoms with Crippen molar-refractivity contribution in [2.75, 3.05) is 12.4 Å². The van der Waals surface area contributed by atoms with E-state index in [0.29, 0.717) is 11.5 Å². The molecule has 0 saturated carbocycles. The van der Waals surface area contributed by atoms with Crippen molar-refractivity contribution in [3.8, 4) is 11.1 Å². The minimum absolute atomic E-state index is 0.596. The Labute approximate surface area is 178 Å². The van der Waals surface area contributed by atoms with E-state index >= 15 is 0 Å². The molecule has 1 N–H and O–H groups in total. The molecule has 0 atom stereocenters. The van der Waals surface area contributed by atoms with Crippen molar-refractivity contribution in [2.24, 2.45) is 0 Å². The molecule has 0 fully saturated rings. The number of hydrogen-bond acceptors (Lipinski definition) is 4. The van der Waals surface area contributed by atoms with Gasteiger partial charge in [0.15, 0.2) is 6.29 Å². The van der Waals surface area contributed by atoms with Crippen molar-refractivity contribution in [1.82, 2.24) is 9.97 Å². The van der Waals surface area contributed by atoms with Gasteiger partial charge in [-0.25, -0.2) is 0 Å². The van der Waals surface area contributed by atoms with E-state index in [1.165, 1.54) is 11.3 Å². The summed E-state index contributed by atoms with van der Waals surface area (Å²) in [4.78, 5) is 19.5. The Kier molecular flexibility index (Phi) is 6.91. The molecule has 2 aromatic carbocycles. The van der Waals surface area contributed by atoms with Crippen molar-refractivity contribution >= 4 is 22.9 Å². The van der Waals surface area contributed by atoms with Gasteiger partial charge in [0.25, 0.3) is 0 Å². The van der Waals surface area contributed by atoms with Gasteiger partial charge in [0.2, 0.25) is 0 Å². The zero-order chi connectivity index (χ0) is 21.5. The van der Waals surface area contributed by atoms with Gasteiger partial charge in [-0.2, -0.15) is 0 Å². The van der Waals surface area contributed by atoms with Crippen LogP contribution >= 0.6 is 0 Å². The molecular weight excluding hydrogens is 370 g/mol. The Balaban J connectivity index is 0.000000199. The number of anilines is 1. The van der Waals surface area contributed by atoms with Gasteiger partial charge in [-0.3, -0.25) is 14.8 Å². The normalized spacial score (nSPS) is 10.4. The van der Waals surface area contributed by atoms with Gasteiger partial charge in [-0.05, 0) is 47.7 Å². The van der Waals surface area contributed by atoms with Gasteiger partial charge in [-0.15, -0.1) is 0 Å². The Bertz CT molecular complexity index is 1150. The standard InChI is InChI=1S/C16H12N2O.C10H15N/c1-11-12(10-19)8-17-9-15(11)13-4-2-6-16-14(13)5-3-7-18-16;1-8(2)9-6-4-5-7-10(9)11-3/h2-10H,1H3;4-8,11H,1-3H3. The molecule has 2 aromatic heterocycles. The molecule has 4 rings (SSSR count). The second kappa shape index (κ2) is 9.79. The van der Waals surface area contributed by atoms with Gasteiger partial charge in [-0.1, -0.05) is 50.2 Å². The third-order valence-corrected chi connectivity index (χ3v) is 5.17. The van der Waals surface area contributed by atoms with Crippen molar-refractivity contribution in [2.45, 2.75) is 26.7 Å². The quantitative estimate of drug-likeness (QED) is 0.412. The lowest BCUT2D eigenvalue weighted by molar-refractivity contribution is 0.112. The van der Waals surface area contributed by atoms with Crippen molar-refractivity contribution in [3.63, 3.8) is 0 Å². The Morgan fingerprint density at radius 3 is 2.43 bits per heavy atom. The summed E-state index contributed by atoms with van der Waals surface area (Å²) in [5.41, 5.74) is 7.16. The van der Waals surface area contributed by atoms with Gasteiger partial charge >= 0.3 is 0 Å². The summed E-state index contributed by atoms with van der Waals surface area (Å²) in [5.74, 6) is 0.596. The van der Waals surface area contributed by atoms with Crippen LogP contribution in [0.15, 0.2) is 73.2 Å². The summed E-state index contributed by atoms with van der Waals surface area (Å²) in [6.07, 6.45) is 6.01. The zero-order valence-electron chi connectivity index (χ0n) is 17.9. The molecule has 0 bridgehead atoms. The third kappa shape index (κ3) is 4.54. The van der Waals surface area contributed by atoms with E-state index < -0.39 is 0 Å². The number of aromatic nitrogens is 2. The first-order chi connectivity index (χ1) is 14.6. The maximum atomic E-state index is 11.0. The number of rotatable bonds is 4. The Morgan fingerprint density at radius 1 is 0.933 bits per heavy atom. The van der Waals surface area contributed by atoms with Crippen molar-refractivity contribution < 1.29 is 4.79 Å². The van der Waals surface area contributed by atoms with Crippen LogP contribution in [0, 0.1) is 6.92 Å². The SMILES string of the molecule is CNc1ccccc1C(C)C.Cc1c(C=O)cncc1-c1cccc2ncccc12. The first-order valence-corrected chi connectivity index (χ1v) is 10.1. The fourth-order valence-corrected chi connectivity index (χ4v) is 3.50. The molecule has 152 valence electrons. The topological polar surface area (TPSA) is 54.9 Å². The van der Waals surface area contributed by atoms with Gasteiger partial charge in [0, 0.05) is 47.8 Å². The molecular formula is C26H27N3O. The summed E-state index contributed by atoms with van der Waals surface area (Å²) >= 11 is 0. The van der Waals surface area contributed by atoms with E-state index in [1.807, 2.05) is 44.3 Å². The van der Waals surface area contributed by atoms with Gasteiger partial charge < -0.3 is 5.32 Å². The molecule has 4 heteroatoms. The van der Waals surface area contributed by atoms with Gasteiger partial charge in [0.05, 0.1) is 5.52 Å². The first-order valence-electron chi connectivity index (χ1n) is 10.1. The molecule has 0 saturated heterocycles. The lowest BCUT2D eigenvalue weighted by Gasteiger charge is -2.10. The number of benzene rings is 2. The molecule has 4 nitrogen and oxygen atoms in total. The average Bonchev–Trinajstić information content (AvgIpc) is 2.79. The summed E-state index contributed by atoms with van der Waals surface area (Å²) in [6, 6.07) is 18.3. The molecule has 0 unspecified atom stereocenters. The predicted octanol–water partition coefficient (Wildman–Crippen LogP) is 6.27. The number of carbonyl (C=O) groups excluding carboxylic acids is 1. The summed E-state index contributed by atoms with van der Waals surface area (Å²) in [6.45, 7) is 6.35. The number of aldehydes is 1. The van der Waals surface area contributed by atoms with Crippen LogP contribution in [0.3, 0.4) is 0 Å². The highest BCUT2D eigenvalue weighted by Crippen LogP contribution is 2.30. The second-order valence-electron chi connectivity index (χ2n) is 7.39. The van der Waals surface area contributed by atoms with Crippen LogP contribution in [-0.4, -0.2) is 23.3 Å². The molecule has 0 aliphatic carbocycles. The highest BCUT2D eigenvalue weighted by Gasteiger charge is 2.09. The number of para-hydroxylation sites is 1. The summed E-state index contributed by atoms with van der Waals surface area (Å²) in [7, 11) is 1.96. The van der Waals surface area contributed by atoms with Crippen LogP contribution in [0.1, 0.15) is 41.3 Å². The molecule has 30 heavy (non-hydrogen) atoms. The van der Waals surface area contributed by atoms with Crippen molar-refractivity contribution in [3.05, 3.63) is 89.9 Å². The molecule has 0 aliphatic heterocycles. The lowest BCUT2D eigenvalue weighted by Crippen LogP contribution is -1.96. The minimum atomic E-state index is 0.596. The van der Waals surface area contributed by atoms with E-state index in [9.17, 15) is 4.79 Å². The number of pyridine rings is 2. The summed E-state index contributed by atoms with van der Waals surface area (Å²) < 4.78 is 0. The van der Waals surface area contributed by atoms with E-state index in [2.05, 4.69) is 53.4 Å². The molecule has 0 radical (unpaired) electrons. The number of nitrogens with zero attached hydrogens (tertiary/aromatic N) is 2. The van der Waals surface area contributed by atoms with Crippen LogP contribution in [0.4, 0.5) is 5.69 Å². The molecule has 4 aromatic rings. The average molecular weight is 398 g/mol. The lowest BCUT2D eigenvalue weighted by atomic mass is 9.96. The van der Waals surface area contributed by atoms with Gasteiger partial charge in [0.1, 0.15) is 0 Å². The highest BCUT2D eigenvalue weighted by atomic mass is 16.1. The fourth-order valence-electron chi connectivity index (χ4n) is 3.50. The largest absolute Gasteiger partial charge is 0.388 e. The molecule has 0 aliphatic rings. The maximum absolute atomic E-state index is 11.0. The van der Waals surface area contributed by atoms with E-state index in [4.69, 9.17) is 0 Å². The third-order valence-electron chi connectivity index (χ3n) is 5.17. The van der Waals surface area contributed by atoms with Crippen LogP contribution in [0.5, 0.6) is 0 Å². The minimum Gasteiger partial charge on any atom is -0.388 e. The second-order valence-corrected chi connectivity index (χ2v) is 7.39. The number of nitrogens with one attached hydrogen (secondary N) is 1. The predicted molar refractivity (Wildman–Crippen MR) is 125 cm³/mol. The zero-order valence-corrected chi connectivity index (χ0v) is 17.9. The molecule has 0 amide bonds. The number of carbonyl (C=O) groups is 1. The van der Waals surface area contributed by atoms with E-state index in [1.54, 1.807) is 18.6 Å². The summed E-state index contributed by atoms with van der Waals surface area (Å²) in [5, 5.41) is 4.24. The number of fused-ring (bicyclic) bond motifs is 1. The number of hydrogen-bond donors (Lipinski definition) is 1.